The van der Waals surface area contributed by atoms with Crippen molar-refractivity contribution in [2.45, 2.75) is 31.9 Å². The van der Waals surface area contributed by atoms with E-state index in [9.17, 15) is 14.4 Å². The standard InChI is InChI=1S/C22H24Cl2N4O4S/c1-13(2)18(25)20(30)32-12-27-21(26-19(29)15-5-9-17(24)10-6-15)33-28(22(27)31)11-14-3-7-16(23)8-4-14/h3-10,13,18,21H,11-12,25H2,1-2H3,(H,26,29)/t18-,21?/m0/s1. The van der Waals surface area contributed by atoms with Gasteiger partial charge in [0, 0.05) is 27.6 Å². The summed E-state index contributed by atoms with van der Waals surface area (Å²) in [6.45, 7) is 3.51. The number of hydrogen-bond acceptors (Lipinski definition) is 6. The van der Waals surface area contributed by atoms with E-state index in [0.29, 0.717) is 15.6 Å². The number of carbonyl (C=O) groups excluding carboxylic acids is 3. The number of nitrogens with one attached hydrogen (secondary N) is 1. The molecule has 0 saturated carbocycles. The third kappa shape index (κ3) is 6.54. The highest BCUT2D eigenvalue weighted by atomic mass is 35.5. The van der Waals surface area contributed by atoms with Crippen LogP contribution in [-0.4, -0.2) is 45.4 Å². The lowest BCUT2D eigenvalue weighted by Gasteiger charge is -2.23. The van der Waals surface area contributed by atoms with Crippen molar-refractivity contribution >= 4 is 53.1 Å². The molecule has 11 heteroatoms. The van der Waals surface area contributed by atoms with E-state index >= 15 is 0 Å². The normalized spacial score (nSPS) is 16.8. The van der Waals surface area contributed by atoms with E-state index in [1.54, 1.807) is 50.2 Å². The second kappa shape index (κ2) is 11.1. The molecule has 3 amide bonds. The first-order valence-electron chi connectivity index (χ1n) is 10.1. The van der Waals surface area contributed by atoms with Crippen LogP contribution >= 0.6 is 35.1 Å². The third-order valence-electron chi connectivity index (χ3n) is 4.91. The molecule has 1 aliphatic rings. The van der Waals surface area contributed by atoms with E-state index in [4.69, 9.17) is 33.7 Å². The van der Waals surface area contributed by atoms with Crippen molar-refractivity contribution in [3.8, 4) is 0 Å². The minimum atomic E-state index is -0.817. The average molecular weight is 511 g/mol. The van der Waals surface area contributed by atoms with E-state index in [1.807, 2.05) is 12.1 Å². The molecule has 0 aliphatic carbocycles. The molecule has 2 aromatic carbocycles. The van der Waals surface area contributed by atoms with Crippen LogP contribution in [0.2, 0.25) is 10.0 Å². The van der Waals surface area contributed by atoms with Gasteiger partial charge in [0.05, 0.1) is 6.54 Å². The summed E-state index contributed by atoms with van der Waals surface area (Å²) < 4.78 is 6.76. The average Bonchev–Trinajstić information content (AvgIpc) is 3.07. The van der Waals surface area contributed by atoms with Gasteiger partial charge in [-0.25, -0.2) is 4.79 Å². The van der Waals surface area contributed by atoms with Crippen LogP contribution in [0.1, 0.15) is 29.8 Å². The summed E-state index contributed by atoms with van der Waals surface area (Å²) in [5.74, 6) is -1.15. The quantitative estimate of drug-likeness (QED) is 0.409. The Bertz CT molecular complexity index is 1000. The summed E-state index contributed by atoms with van der Waals surface area (Å²) in [5.41, 5.74) is 6.27. The molecule has 176 valence electrons. The van der Waals surface area contributed by atoms with Crippen LogP contribution in [0.3, 0.4) is 0 Å². The first-order valence-corrected chi connectivity index (χ1v) is 11.7. The van der Waals surface area contributed by atoms with Crippen LogP contribution in [-0.2, 0) is 16.1 Å². The maximum atomic E-state index is 13.1. The lowest BCUT2D eigenvalue weighted by Crippen LogP contribution is -2.47. The number of rotatable bonds is 8. The molecule has 1 unspecified atom stereocenters. The van der Waals surface area contributed by atoms with E-state index in [2.05, 4.69) is 5.32 Å². The van der Waals surface area contributed by atoms with Crippen molar-refractivity contribution in [2.75, 3.05) is 6.73 Å². The Labute approximate surface area is 206 Å². The molecule has 1 heterocycles. The van der Waals surface area contributed by atoms with Crippen LogP contribution in [0.25, 0.3) is 0 Å². The summed E-state index contributed by atoms with van der Waals surface area (Å²) in [7, 11) is 0. The van der Waals surface area contributed by atoms with Crippen LogP contribution < -0.4 is 11.1 Å². The number of benzene rings is 2. The lowest BCUT2D eigenvalue weighted by molar-refractivity contribution is -0.150. The smallest absolute Gasteiger partial charge is 0.335 e. The molecule has 1 fully saturated rings. The minimum absolute atomic E-state index is 0.122. The monoisotopic (exact) mass is 510 g/mol. The predicted octanol–water partition coefficient (Wildman–Crippen LogP) is 4.08. The number of nitrogens with two attached hydrogens (primary N) is 1. The van der Waals surface area contributed by atoms with E-state index in [-0.39, 0.29) is 19.2 Å². The molecule has 3 rings (SSSR count). The topological polar surface area (TPSA) is 105 Å². The Kier molecular flexibility index (Phi) is 8.47. The zero-order chi connectivity index (χ0) is 24.1. The summed E-state index contributed by atoms with van der Waals surface area (Å²) >= 11 is 12.9. The van der Waals surface area contributed by atoms with Crippen LogP contribution in [0.5, 0.6) is 0 Å². The lowest BCUT2D eigenvalue weighted by atomic mass is 10.1. The highest BCUT2D eigenvalue weighted by Crippen LogP contribution is 2.31. The van der Waals surface area contributed by atoms with Crippen LogP contribution in [0.4, 0.5) is 4.79 Å². The number of hydrogen-bond donors (Lipinski definition) is 2. The van der Waals surface area contributed by atoms with Gasteiger partial charge in [0.1, 0.15) is 6.04 Å². The Balaban J connectivity index is 1.74. The zero-order valence-corrected chi connectivity index (χ0v) is 20.4. The Morgan fingerprint density at radius 1 is 1.09 bits per heavy atom. The first kappa shape index (κ1) is 25.2. The summed E-state index contributed by atoms with van der Waals surface area (Å²) in [6.07, 6.45) is 0. The molecule has 0 radical (unpaired) electrons. The second-order valence-corrected chi connectivity index (χ2v) is 9.69. The highest BCUT2D eigenvalue weighted by Gasteiger charge is 2.40. The Morgan fingerprint density at radius 2 is 1.67 bits per heavy atom. The third-order valence-corrected chi connectivity index (χ3v) is 6.52. The van der Waals surface area contributed by atoms with Crippen molar-refractivity contribution in [3.05, 3.63) is 69.7 Å². The van der Waals surface area contributed by atoms with Gasteiger partial charge in [-0.2, -0.15) is 0 Å². The highest BCUT2D eigenvalue weighted by molar-refractivity contribution is 7.98. The molecular formula is C22H24Cl2N4O4S. The first-order chi connectivity index (χ1) is 15.7. The number of nitrogens with zero attached hydrogens (tertiary/aromatic N) is 2. The molecule has 3 N–H and O–H groups in total. The minimum Gasteiger partial charge on any atom is -0.443 e. The van der Waals surface area contributed by atoms with Gasteiger partial charge >= 0.3 is 12.0 Å². The number of halogens is 2. The Hall–Kier alpha value is -2.46. The molecule has 0 aromatic heterocycles. The molecule has 8 nitrogen and oxygen atoms in total. The van der Waals surface area contributed by atoms with Gasteiger partial charge in [-0.3, -0.25) is 18.8 Å². The van der Waals surface area contributed by atoms with Gasteiger partial charge in [0.2, 0.25) is 0 Å². The molecule has 33 heavy (non-hydrogen) atoms. The fraction of sp³-hybridized carbons (Fsp3) is 0.318. The summed E-state index contributed by atoms with van der Waals surface area (Å²) in [4.78, 5) is 39.3. The summed E-state index contributed by atoms with van der Waals surface area (Å²) in [5, 5.41) is 3.88. The van der Waals surface area contributed by atoms with E-state index < -0.39 is 29.4 Å². The van der Waals surface area contributed by atoms with Gasteiger partial charge in [-0.1, -0.05) is 49.2 Å². The molecule has 2 aromatic rings. The molecule has 0 bridgehead atoms. The molecular weight excluding hydrogens is 487 g/mol. The number of urea groups is 1. The van der Waals surface area contributed by atoms with Crippen LogP contribution in [0.15, 0.2) is 48.5 Å². The van der Waals surface area contributed by atoms with Gasteiger partial charge in [0.25, 0.3) is 5.91 Å². The maximum Gasteiger partial charge on any atom is 0.335 e. The number of ether oxygens (including phenoxy) is 1. The second-order valence-electron chi connectivity index (χ2n) is 7.72. The number of esters is 1. The van der Waals surface area contributed by atoms with Crippen molar-refractivity contribution < 1.29 is 19.1 Å². The maximum absolute atomic E-state index is 13.1. The molecule has 1 saturated heterocycles. The largest absolute Gasteiger partial charge is 0.443 e. The predicted molar refractivity (Wildman–Crippen MR) is 128 cm³/mol. The number of carbonyl (C=O) groups is 3. The van der Waals surface area contributed by atoms with Gasteiger partial charge in [-0.05, 0) is 47.9 Å². The van der Waals surface area contributed by atoms with E-state index in [0.717, 1.165) is 17.5 Å². The molecule has 1 aliphatic heterocycles. The molecule has 2 atom stereocenters. The van der Waals surface area contributed by atoms with Gasteiger partial charge < -0.3 is 15.8 Å². The van der Waals surface area contributed by atoms with Crippen molar-refractivity contribution in [3.63, 3.8) is 0 Å². The number of amides is 3. The fourth-order valence-electron chi connectivity index (χ4n) is 2.85. The van der Waals surface area contributed by atoms with E-state index in [1.165, 1.54) is 9.21 Å². The van der Waals surface area contributed by atoms with Gasteiger partial charge in [-0.15, -0.1) is 0 Å². The Morgan fingerprint density at radius 3 is 2.24 bits per heavy atom. The van der Waals surface area contributed by atoms with Crippen molar-refractivity contribution in [1.82, 2.24) is 14.5 Å². The molecule has 0 spiro atoms. The summed E-state index contributed by atoms with van der Waals surface area (Å²) in [6, 6.07) is 12.2. The van der Waals surface area contributed by atoms with Crippen LogP contribution in [0, 0.1) is 5.92 Å². The SMILES string of the molecule is CC(C)[C@H](N)C(=O)OCN1C(=O)N(Cc2ccc(Cl)cc2)SC1NC(=O)c1ccc(Cl)cc1. The fourth-order valence-corrected chi connectivity index (χ4v) is 4.19. The van der Waals surface area contributed by atoms with Gasteiger partial charge in [0.15, 0.2) is 12.2 Å². The zero-order valence-electron chi connectivity index (χ0n) is 18.0. The van der Waals surface area contributed by atoms with Crippen molar-refractivity contribution in [1.29, 1.82) is 0 Å². The van der Waals surface area contributed by atoms with Crippen molar-refractivity contribution in [2.24, 2.45) is 11.7 Å².